The monoisotopic (exact) mass is 322 g/mol. The van der Waals surface area contributed by atoms with Crippen molar-refractivity contribution in [2.45, 2.75) is 25.7 Å². The summed E-state index contributed by atoms with van der Waals surface area (Å²) in [4.78, 5) is 12.3. The Kier molecular flexibility index (Phi) is 5.89. The van der Waals surface area contributed by atoms with Crippen LogP contribution in [-0.4, -0.2) is 19.0 Å². The summed E-state index contributed by atoms with van der Waals surface area (Å²) in [5.41, 5.74) is 2.42. The molecule has 1 aliphatic heterocycles. The zero-order chi connectivity index (χ0) is 16.6. The van der Waals surface area contributed by atoms with Crippen LogP contribution < -0.4 is 10.6 Å². The van der Waals surface area contributed by atoms with Gasteiger partial charge in [0.15, 0.2) is 0 Å². The predicted molar refractivity (Wildman–Crippen MR) is 98.9 cm³/mol. The standard InChI is InChI=1S/C21H26N2O/c24-21-19(15-17-7-3-1-4-8-17)12-11-18(16-23-21)13-14-22-20-9-5-2-6-10-20/h1-10,18-19,22H,11-16H2,(H,23,24)/t18-,19+/m0/s1. The molecule has 2 N–H and O–H groups in total. The Hall–Kier alpha value is -2.29. The summed E-state index contributed by atoms with van der Waals surface area (Å²) in [6, 6.07) is 20.6. The van der Waals surface area contributed by atoms with Crippen LogP contribution in [0.5, 0.6) is 0 Å². The summed E-state index contributed by atoms with van der Waals surface area (Å²) in [7, 11) is 0. The van der Waals surface area contributed by atoms with Crippen molar-refractivity contribution in [2.24, 2.45) is 11.8 Å². The lowest BCUT2D eigenvalue weighted by Crippen LogP contribution is -2.32. The largest absolute Gasteiger partial charge is 0.385 e. The van der Waals surface area contributed by atoms with Gasteiger partial charge in [-0.3, -0.25) is 4.79 Å². The second-order valence-corrected chi connectivity index (χ2v) is 6.66. The van der Waals surface area contributed by atoms with Gasteiger partial charge in [0, 0.05) is 24.7 Å². The number of carbonyl (C=O) groups excluding carboxylic acids is 1. The van der Waals surface area contributed by atoms with Gasteiger partial charge in [0.25, 0.3) is 0 Å². The number of para-hydroxylation sites is 1. The fraction of sp³-hybridized carbons (Fsp3) is 0.381. The normalized spacial score (nSPS) is 20.9. The van der Waals surface area contributed by atoms with Crippen LogP contribution in [-0.2, 0) is 11.2 Å². The van der Waals surface area contributed by atoms with E-state index < -0.39 is 0 Å². The maximum atomic E-state index is 12.3. The number of carbonyl (C=O) groups is 1. The Labute approximate surface area is 144 Å². The van der Waals surface area contributed by atoms with Crippen LogP contribution in [0.25, 0.3) is 0 Å². The quantitative estimate of drug-likeness (QED) is 0.847. The predicted octanol–water partition coefficient (Wildman–Crippen LogP) is 3.87. The first kappa shape index (κ1) is 16.6. The highest BCUT2D eigenvalue weighted by Gasteiger charge is 2.25. The van der Waals surface area contributed by atoms with Crippen molar-refractivity contribution in [3.05, 3.63) is 66.2 Å². The number of benzene rings is 2. The molecule has 1 amide bonds. The fourth-order valence-corrected chi connectivity index (χ4v) is 3.38. The Morgan fingerprint density at radius 1 is 0.958 bits per heavy atom. The van der Waals surface area contributed by atoms with E-state index in [1.165, 1.54) is 5.56 Å². The molecule has 1 aliphatic rings. The zero-order valence-corrected chi connectivity index (χ0v) is 14.1. The van der Waals surface area contributed by atoms with Gasteiger partial charge in [0.2, 0.25) is 5.91 Å². The van der Waals surface area contributed by atoms with E-state index in [1.807, 2.05) is 36.4 Å². The molecule has 3 heteroatoms. The molecule has 24 heavy (non-hydrogen) atoms. The molecule has 3 nitrogen and oxygen atoms in total. The molecule has 126 valence electrons. The second-order valence-electron chi connectivity index (χ2n) is 6.66. The van der Waals surface area contributed by atoms with Gasteiger partial charge in [-0.15, -0.1) is 0 Å². The molecule has 1 saturated heterocycles. The number of nitrogens with one attached hydrogen (secondary N) is 2. The van der Waals surface area contributed by atoms with Gasteiger partial charge < -0.3 is 10.6 Å². The number of hydrogen-bond acceptors (Lipinski definition) is 2. The lowest BCUT2D eigenvalue weighted by molar-refractivity contribution is -0.124. The fourth-order valence-electron chi connectivity index (χ4n) is 3.38. The van der Waals surface area contributed by atoms with Gasteiger partial charge in [0.05, 0.1) is 0 Å². The smallest absolute Gasteiger partial charge is 0.223 e. The molecule has 2 atom stereocenters. The summed E-state index contributed by atoms with van der Waals surface area (Å²) in [6.45, 7) is 1.76. The summed E-state index contributed by atoms with van der Waals surface area (Å²) in [6.07, 6.45) is 4.04. The number of hydrogen-bond donors (Lipinski definition) is 2. The van der Waals surface area contributed by atoms with Crippen molar-refractivity contribution >= 4 is 11.6 Å². The molecular weight excluding hydrogens is 296 g/mol. The minimum Gasteiger partial charge on any atom is -0.385 e. The van der Waals surface area contributed by atoms with E-state index in [2.05, 4.69) is 34.9 Å². The highest BCUT2D eigenvalue weighted by Crippen LogP contribution is 2.23. The van der Waals surface area contributed by atoms with Gasteiger partial charge in [-0.05, 0) is 49.3 Å². The molecule has 0 aromatic heterocycles. The average molecular weight is 322 g/mol. The van der Waals surface area contributed by atoms with Crippen LogP contribution in [0.4, 0.5) is 5.69 Å². The Morgan fingerprint density at radius 3 is 2.42 bits per heavy atom. The van der Waals surface area contributed by atoms with E-state index >= 15 is 0 Å². The molecule has 0 bridgehead atoms. The molecule has 0 unspecified atom stereocenters. The van der Waals surface area contributed by atoms with Crippen molar-refractivity contribution in [1.29, 1.82) is 0 Å². The third-order valence-corrected chi connectivity index (χ3v) is 4.84. The van der Waals surface area contributed by atoms with Crippen LogP contribution in [0.1, 0.15) is 24.8 Å². The van der Waals surface area contributed by atoms with Gasteiger partial charge >= 0.3 is 0 Å². The van der Waals surface area contributed by atoms with E-state index in [0.717, 1.165) is 44.5 Å². The minimum absolute atomic E-state index is 0.111. The van der Waals surface area contributed by atoms with Crippen molar-refractivity contribution < 1.29 is 4.79 Å². The summed E-state index contributed by atoms with van der Waals surface area (Å²) >= 11 is 0. The first-order valence-corrected chi connectivity index (χ1v) is 8.92. The number of anilines is 1. The van der Waals surface area contributed by atoms with Crippen molar-refractivity contribution in [3.8, 4) is 0 Å². The van der Waals surface area contributed by atoms with Crippen LogP contribution >= 0.6 is 0 Å². The van der Waals surface area contributed by atoms with E-state index in [0.29, 0.717) is 5.92 Å². The molecule has 0 radical (unpaired) electrons. The maximum absolute atomic E-state index is 12.3. The Balaban J connectivity index is 1.46. The Morgan fingerprint density at radius 2 is 1.67 bits per heavy atom. The second kappa shape index (κ2) is 8.53. The highest BCUT2D eigenvalue weighted by atomic mass is 16.1. The van der Waals surface area contributed by atoms with Crippen LogP contribution in [0.2, 0.25) is 0 Å². The maximum Gasteiger partial charge on any atom is 0.223 e. The van der Waals surface area contributed by atoms with Crippen molar-refractivity contribution in [3.63, 3.8) is 0 Å². The lowest BCUT2D eigenvalue weighted by Gasteiger charge is -2.15. The van der Waals surface area contributed by atoms with Crippen LogP contribution in [0.15, 0.2) is 60.7 Å². The van der Waals surface area contributed by atoms with Gasteiger partial charge in [-0.25, -0.2) is 0 Å². The SMILES string of the molecule is O=C1NC[C@H](CCNc2ccccc2)CC[C@@H]1Cc1ccccc1. The average Bonchev–Trinajstić information content (AvgIpc) is 2.80. The van der Waals surface area contributed by atoms with Gasteiger partial charge in [0.1, 0.15) is 0 Å². The summed E-state index contributed by atoms with van der Waals surface area (Å²) < 4.78 is 0. The van der Waals surface area contributed by atoms with E-state index in [9.17, 15) is 4.79 Å². The summed E-state index contributed by atoms with van der Waals surface area (Å²) in [5.74, 6) is 0.891. The van der Waals surface area contributed by atoms with Gasteiger partial charge in [-0.2, -0.15) is 0 Å². The highest BCUT2D eigenvalue weighted by molar-refractivity contribution is 5.79. The third-order valence-electron chi connectivity index (χ3n) is 4.84. The number of rotatable bonds is 6. The molecule has 2 aromatic carbocycles. The van der Waals surface area contributed by atoms with E-state index in [-0.39, 0.29) is 11.8 Å². The van der Waals surface area contributed by atoms with Crippen LogP contribution in [0.3, 0.4) is 0 Å². The Bertz CT molecular complexity index is 627. The van der Waals surface area contributed by atoms with Crippen molar-refractivity contribution in [1.82, 2.24) is 5.32 Å². The zero-order valence-electron chi connectivity index (χ0n) is 14.1. The van der Waals surface area contributed by atoms with Crippen LogP contribution in [0, 0.1) is 11.8 Å². The van der Waals surface area contributed by atoms with Gasteiger partial charge in [-0.1, -0.05) is 48.5 Å². The third kappa shape index (κ3) is 4.85. The molecule has 0 aliphatic carbocycles. The molecule has 1 fully saturated rings. The van der Waals surface area contributed by atoms with Crippen molar-refractivity contribution in [2.75, 3.05) is 18.4 Å². The molecule has 3 rings (SSSR count). The minimum atomic E-state index is 0.111. The van der Waals surface area contributed by atoms with E-state index in [4.69, 9.17) is 0 Å². The molecule has 1 heterocycles. The van der Waals surface area contributed by atoms with E-state index in [1.54, 1.807) is 0 Å². The summed E-state index contributed by atoms with van der Waals surface area (Å²) in [5, 5.41) is 6.61. The topological polar surface area (TPSA) is 41.1 Å². The molecule has 2 aromatic rings. The lowest BCUT2D eigenvalue weighted by atomic mass is 9.91. The number of amides is 1. The first-order valence-electron chi connectivity index (χ1n) is 8.92. The first-order chi connectivity index (χ1) is 11.8. The molecule has 0 spiro atoms. The molecule has 0 saturated carbocycles. The molecular formula is C21H26N2O.